The zero-order valence-corrected chi connectivity index (χ0v) is 13.4. The van der Waals surface area contributed by atoms with Crippen LogP contribution in [0.5, 0.6) is 5.75 Å². The van der Waals surface area contributed by atoms with Crippen LogP contribution >= 0.6 is 28.1 Å². The molecule has 0 unspecified atom stereocenters. The van der Waals surface area contributed by atoms with Crippen LogP contribution in [0.4, 0.5) is 0 Å². The maximum atomic E-state index is 11.8. The third-order valence-corrected chi connectivity index (χ3v) is 3.30. The highest BCUT2D eigenvalue weighted by Crippen LogP contribution is 2.22. The van der Waals surface area contributed by atoms with E-state index in [0.29, 0.717) is 23.7 Å². The van der Waals surface area contributed by atoms with Crippen LogP contribution < -0.4 is 10.5 Å². The molecule has 1 rings (SSSR count). The first-order valence-electron chi connectivity index (χ1n) is 5.81. The molecule has 0 atom stereocenters. The van der Waals surface area contributed by atoms with Gasteiger partial charge in [0.1, 0.15) is 5.75 Å². The van der Waals surface area contributed by atoms with Crippen LogP contribution in [0.15, 0.2) is 22.7 Å². The maximum Gasteiger partial charge on any atom is 0.260 e. The number of likely N-dealkylation sites (N-methyl/N-ethyl adjacent to an activating group) is 1. The van der Waals surface area contributed by atoms with E-state index in [0.717, 1.165) is 10.0 Å². The first-order valence-corrected chi connectivity index (χ1v) is 7.01. The molecule has 2 N–H and O–H groups in total. The molecule has 0 radical (unpaired) electrons. The summed E-state index contributed by atoms with van der Waals surface area (Å²) >= 11 is 8.15. The highest BCUT2D eigenvalue weighted by Gasteiger charge is 2.10. The summed E-state index contributed by atoms with van der Waals surface area (Å²) in [6, 6.07) is 5.65. The zero-order valence-electron chi connectivity index (χ0n) is 11.0. The van der Waals surface area contributed by atoms with Crippen LogP contribution in [-0.4, -0.2) is 36.0 Å². The second-order valence-electron chi connectivity index (χ2n) is 4.23. The third-order valence-electron chi connectivity index (χ3n) is 2.61. The van der Waals surface area contributed by atoms with Crippen molar-refractivity contribution < 1.29 is 9.53 Å². The number of nitrogens with zero attached hydrogens (tertiary/aromatic N) is 1. The molecule has 0 fully saturated rings. The summed E-state index contributed by atoms with van der Waals surface area (Å²) in [5, 5.41) is 0. The standard InChI is InChI=1S/C13H17BrN2O2S/c1-9-7-10(14)3-4-11(9)18-8-13(17)16(2)6-5-12(15)19/h3-4,7H,5-6,8H2,1-2H3,(H2,15,19). The molecule has 0 saturated heterocycles. The Labute approximate surface area is 127 Å². The number of ether oxygens (including phenoxy) is 1. The molecule has 0 saturated carbocycles. The summed E-state index contributed by atoms with van der Waals surface area (Å²) in [5.41, 5.74) is 6.38. The smallest absolute Gasteiger partial charge is 0.260 e. The summed E-state index contributed by atoms with van der Waals surface area (Å²) in [6.45, 7) is 2.45. The first kappa shape index (κ1) is 15.9. The van der Waals surface area contributed by atoms with E-state index in [1.54, 1.807) is 11.9 Å². The van der Waals surface area contributed by atoms with Crippen LogP contribution in [-0.2, 0) is 4.79 Å². The second-order valence-corrected chi connectivity index (χ2v) is 5.67. The van der Waals surface area contributed by atoms with Crippen molar-refractivity contribution >= 4 is 39.0 Å². The minimum atomic E-state index is -0.0985. The summed E-state index contributed by atoms with van der Waals surface area (Å²) in [5.74, 6) is 0.609. The molecule has 6 heteroatoms. The molecular weight excluding hydrogens is 328 g/mol. The molecule has 0 aliphatic rings. The van der Waals surface area contributed by atoms with Gasteiger partial charge in [0.2, 0.25) is 0 Å². The number of carbonyl (C=O) groups is 1. The van der Waals surface area contributed by atoms with E-state index in [4.69, 9.17) is 22.7 Å². The fourth-order valence-corrected chi connectivity index (χ4v) is 1.99. The molecule has 0 aromatic heterocycles. The van der Waals surface area contributed by atoms with Crippen molar-refractivity contribution in [1.82, 2.24) is 4.90 Å². The van der Waals surface area contributed by atoms with Gasteiger partial charge in [0, 0.05) is 24.5 Å². The Morgan fingerprint density at radius 1 is 1.53 bits per heavy atom. The van der Waals surface area contributed by atoms with Crippen molar-refractivity contribution in [3.63, 3.8) is 0 Å². The Kier molecular flexibility index (Phi) is 6.24. The van der Waals surface area contributed by atoms with Gasteiger partial charge >= 0.3 is 0 Å². The van der Waals surface area contributed by atoms with Gasteiger partial charge in [0.05, 0.1) is 4.99 Å². The maximum absolute atomic E-state index is 11.8. The highest BCUT2D eigenvalue weighted by atomic mass is 79.9. The highest BCUT2D eigenvalue weighted by molar-refractivity contribution is 9.10. The largest absolute Gasteiger partial charge is 0.483 e. The third kappa shape index (κ3) is 5.57. The van der Waals surface area contributed by atoms with Gasteiger partial charge in [-0.15, -0.1) is 0 Å². The van der Waals surface area contributed by atoms with Crippen LogP contribution in [0, 0.1) is 6.92 Å². The zero-order chi connectivity index (χ0) is 14.4. The van der Waals surface area contributed by atoms with Crippen molar-refractivity contribution in [3.05, 3.63) is 28.2 Å². The number of aryl methyl sites for hydroxylation is 1. The molecule has 104 valence electrons. The predicted molar refractivity (Wildman–Crippen MR) is 83.4 cm³/mol. The Balaban J connectivity index is 2.47. The molecule has 1 aromatic rings. The molecular formula is C13H17BrN2O2S. The molecule has 1 amide bonds. The van der Waals surface area contributed by atoms with Crippen molar-refractivity contribution in [2.75, 3.05) is 20.2 Å². The molecule has 19 heavy (non-hydrogen) atoms. The van der Waals surface area contributed by atoms with Gasteiger partial charge in [-0.1, -0.05) is 28.1 Å². The Hall–Kier alpha value is -1.14. The van der Waals surface area contributed by atoms with Crippen LogP contribution in [0.25, 0.3) is 0 Å². The number of hydrogen-bond acceptors (Lipinski definition) is 3. The SMILES string of the molecule is Cc1cc(Br)ccc1OCC(=O)N(C)CCC(N)=S. The average Bonchev–Trinajstić information content (AvgIpc) is 2.34. The van der Waals surface area contributed by atoms with E-state index >= 15 is 0 Å². The predicted octanol–water partition coefficient (Wildman–Crippen LogP) is 2.27. The molecule has 0 spiro atoms. The number of thiocarbonyl (C=S) groups is 1. The van der Waals surface area contributed by atoms with Crippen LogP contribution in [0.3, 0.4) is 0 Å². The van der Waals surface area contributed by atoms with Gasteiger partial charge < -0.3 is 15.4 Å². The topological polar surface area (TPSA) is 55.6 Å². The van der Waals surface area contributed by atoms with Crippen molar-refractivity contribution in [3.8, 4) is 5.75 Å². The molecule has 0 aliphatic carbocycles. The lowest BCUT2D eigenvalue weighted by molar-refractivity contribution is -0.131. The van der Waals surface area contributed by atoms with Gasteiger partial charge in [-0.2, -0.15) is 0 Å². The van der Waals surface area contributed by atoms with E-state index in [1.165, 1.54) is 0 Å². The van der Waals surface area contributed by atoms with E-state index in [-0.39, 0.29) is 12.5 Å². The lowest BCUT2D eigenvalue weighted by Crippen LogP contribution is -2.33. The number of amides is 1. The number of halogens is 1. The van der Waals surface area contributed by atoms with Crippen LogP contribution in [0.1, 0.15) is 12.0 Å². The minimum Gasteiger partial charge on any atom is -0.483 e. The number of rotatable bonds is 6. The molecule has 1 aromatic carbocycles. The van der Waals surface area contributed by atoms with Gasteiger partial charge in [0.15, 0.2) is 6.61 Å². The second kappa shape index (κ2) is 7.45. The van der Waals surface area contributed by atoms with E-state index in [1.807, 2.05) is 25.1 Å². The van der Waals surface area contributed by atoms with Crippen molar-refractivity contribution in [2.45, 2.75) is 13.3 Å². The minimum absolute atomic E-state index is 0.0102. The van der Waals surface area contributed by atoms with Crippen LogP contribution in [0.2, 0.25) is 0 Å². The molecule has 0 heterocycles. The van der Waals surface area contributed by atoms with Gasteiger partial charge in [-0.3, -0.25) is 4.79 Å². The lowest BCUT2D eigenvalue weighted by Gasteiger charge is -2.17. The van der Waals surface area contributed by atoms with Crippen molar-refractivity contribution in [1.29, 1.82) is 0 Å². The van der Waals surface area contributed by atoms with Gasteiger partial charge in [0.25, 0.3) is 5.91 Å². The lowest BCUT2D eigenvalue weighted by atomic mass is 10.2. The van der Waals surface area contributed by atoms with E-state index in [9.17, 15) is 4.79 Å². The number of nitrogens with two attached hydrogens (primary N) is 1. The van der Waals surface area contributed by atoms with Gasteiger partial charge in [-0.05, 0) is 30.7 Å². The summed E-state index contributed by atoms with van der Waals surface area (Å²) in [6.07, 6.45) is 0.523. The quantitative estimate of drug-likeness (QED) is 0.804. The van der Waals surface area contributed by atoms with E-state index in [2.05, 4.69) is 15.9 Å². The Morgan fingerprint density at radius 2 is 2.21 bits per heavy atom. The molecule has 0 bridgehead atoms. The van der Waals surface area contributed by atoms with E-state index < -0.39 is 0 Å². The number of benzene rings is 1. The summed E-state index contributed by atoms with van der Waals surface area (Å²) in [4.78, 5) is 13.8. The molecule has 0 aliphatic heterocycles. The Morgan fingerprint density at radius 3 is 2.79 bits per heavy atom. The first-order chi connectivity index (χ1) is 8.90. The molecule has 4 nitrogen and oxygen atoms in total. The summed E-state index contributed by atoms with van der Waals surface area (Å²) < 4.78 is 6.49. The number of carbonyl (C=O) groups excluding carboxylic acids is 1. The van der Waals surface area contributed by atoms with Crippen molar-refractivity contribution in [2.24, 2.45) is 5.73 Å². The summed E-state index contributed by atoms with van der Waals surface area (Å²) in [7, 11) is 1.71. The fourth-order valence-electron chi connectivity index (χ4n) is 1.43. The fraction of sp³-hybridized carbons (Fsp3) is 0.385. The Bertz CT molecular complexity index is 480. The normalized spacial score (nSPS) is 10.1. The average molecular weight is 345 g/mol. The monoisotopic (exact) mass is 344 g/mol. The van der Waals surface area contributed by atoms with Gasteiger partial charge in [-0.25, -0.2) is 0 Å². The number of hydrogen-bond donors (Lipinski definition) is 1.